The van der Waals surface area contributed by atoms with Crippen molar-refractivity contribution in [1.82, 2.24) is 4.92 Å². The van der Waals surface area contributed by atoms with Crippen molar-refractivity contribution >= 4 is 11.4 Å². The predicted octanol–water partition coefficient (Wildman–Crippen LogP) is 1.77. The fourth-order valence-corrected chi connectivity index (χ4v) is 1.54. The third-order valence-electron chi connectivity index (χ3n) is 2.28. The monoisotopic (exact) mass is 252 g/mol. The molecular weight excluding hydrogens is 239 g/mol. The van der Waals surface area contributed by atoms with Gasteiger partial charge in [-0.25, -0.2) is 4.39 Å². The van der Waals surface area contributed by atoms with Crippen LogP contribution in [0.1, 0.15) is 25.3 Å². The van der Waals surface area contributed by atoms with Crippen LogP contribution in [-0.4, -0.2) is 10.4 Å². The second-order valence-corrected chi connectivity index (χ2v) is 3.92. The Morgan fingerprint density at radius 1 is 1.06 bits per heavy atom. The summed E-state index contributed by atoms with van der Waals surface area (Å²) in [6.07, 6.45) is 0. The number of anilines is 1. The van der Waals surface area contributed by atoms with E-state index in [0.717, 1.165) is 0 Å². The van der Waals surface area contributed by atoms with E-state index in [2.05, 4.69) is 5.84 Å². The molecule has 1 aromatic rings. The van der Waals surface area contributed by atoms with Gasteiger partial charge in [0.25, 0.3) is 5.69 Å². The Balaban J connectivity index is 3.71. The number of halogens is 3. The highest BCUT2D eigenvalue weighted by molar-refractivity contribution is 5.61. The lowest BCUT2D eigenvalue weighted by Gasteiger charge is -2.19. The number of hydrogen-bond acceptors (Lipinski definition) is 4. The summed E-state index contributed by atoms with van der Waals surface area (Å²) in [5.74, 6) is -0.648. The van der Waals surface area contributed by atoms with Crippen LogP contribution in [0.5, 0.6) is 0 Å². The van der Waals surface area contributed by atoms with E-state index in [-0.39, 0.29) is 5.56 Å². The van der Waals surface area contributed by atoms with Crippen LogP contribution in [0, 0.1) is 17.5 Å². The lowest BCUT2D eigenvalue weighted by molar-refractivity contribution is -0.297. The number of rotatable bonds is 2. The molecule has 0 unspecified atom stereocenters. The second-order valence-electron chi connectivity index (χ2n) is 3.92. The number of quaternary nitrogens is 1. The molecule has 0 aliphatic heterocycles. The summed E-state index contributed by atoms with van der Waals surface area (Å²) in [5, 5.41) is 17.8. The maximum atomic E-state index is 13.6. The largest absolute Gasteiger partial charge is 0.396 e. The van der Waals surface area contributed by atoms with Gasteiger partial charge in [-0.15, -0.1) is 5.84 Å². The molecule has 0 fully saturated rings. The maximum Gasteiger partial charge on any atom is 0.297 e. The highest BCUT2D eigenvalue weighted by Gasteiger charge is 2.38. The summed E-state index contributed by atoms with van der Waals surface area (Å²) in [6.45, 7) is 2.96. The molecule has 0 saturated heterocycles. The van der Waals surface area contributed by atoms with E-state index in [1.165, 1.54) is 13.8 Å². The van der Waals surface area contributed by atoms with E-state index in [4.69, 9.17) is 16.1 Å². The van der Waals surface area contributed by atoms with Crippen molar-refractivity contribution in [1.29, 1.82) is 0 Å². The first-order valence-electron chi connectivity index (χ1n) is 4.68. The Kier molecular flexibility index (Phi) is 3.35. The Bertz CT molecular complexity index is 429. The van der Waals surface area contributed by atoms with Crippen LogP contribution >= 0.6 is 0 Å². The van der Waals surface area contributed by atoms with Crippen molar-refractivity contribution in [3.8, 4) is 0 Å². The molecule has 6 N–H and O–H groups in total. The fraction of sp³-hybridized carbons (Fsp3) is 0.333. The SMILES string of the molecule is CC(C)c1c(N)c(F)c([N+](N)(O)O)c(F)c1F. The fourth-order valence-electron chi connectivity index (χ4n) is 1.54. The molecule has 17 heavy (non-hydrogen) atoms. The van der Waals surface area contributed by atoms with Crippen LogP contribution in [0.4, 0.5) is 24.5 Å². The Morgan fingerprint density at radius 3 is 1.88 bits per heavy atom. The third-order valence-corrected chi connectivity index (χ3v) is 2.28. The lowest BCUT2D eigenvalue weighted by atomic mass is 9.99. The van der Waals surface area contributed by atoms with Crippen LogP contribution in [-0.2, 0) is 0 Å². The molecule has 0 spiro atoms. The van der Waals surface area contributed by atoms with Gasteiger partial charge in [-0.2, -0.15) is 19.2 Å². The van der Waals surface area contributed by atoms with E-state index >= 15 is 0 Å². The van der Waals surface area contributed by atoms with Crippen molar-refractivity contribution in [3.63, 3.8) is 0 Å². The van der Waals surface area contributed by atoms with Crippen molar-refractivity contribution < 1.29 is 23.6 Å². The van der Waals surface area contributed by atoms with Gasteiger partial charge in [-0.05, 0) is 5.92 Å². The summed E-state index contributed by atoms with van der Waals surface area (Å²) in [5.41, 5.74) is 2.73. The van der Waals surface area contributed by atoms with Gasteiger partial charge >= 0.3 is 0 Å². The summed E-state index contributed by atoms with van der Waals surface area (Å²) in [7, 11) is 0. The third kappa shape index (κ3) is 2.20. The number of nitrogen functional groups attached to an aromatic ring is 1. The Hall–Kier alpha value is -1.35. The van der Waals surface area contributed by atoms with Crippen LogP contribution in [0.25, 0.3) is 0 Å². The van der Waals surface area contributed by atoms with Crippen LogP contribution in [0.15, 0.2) is 0 Å². The van der Waals surface area contributed by atoms with Gasteiger partial charge in [0.15, 0.2) is 5.82 Å². The van der Waals surface area contributed by atoms with Gasteiger partial charge < -0.3 is 5.73 Å². The molecule has 0 aliphatic carbocycles. The second kappa shape index (κ2) is 4.15. The standard InChI is InChI=1S/C9H13F3N3O2/c1-3(2)4-5(10)6(11)9(15(14,16)17)7(12)8(4)13/h3,16-17H,13-14H2,1-2H3/q+1. The first-order chi connectivity index (χ1) is 7.59. The van der Waals surface area contributed by atoms with Gasteiger partial charge in [-0.1, -0.05) is 13.8 Å². The highest BCUT2D eigenvalue weighted by Crippen LogP contribution is 2.36. The molecule has 0 atom stereocenters. The van der Waals surface area contributed by atoms with Crippen molar-refractivity contribution in [3.05, 3.63) is 23.0 Å². The summed E-state index contributed by atoms with van der Waals surface area (Å²) < 4.78 is 40.7. The minimum absolute atomic E-state index is 0.378. The van der Waals surface area contributed by atoms with E-state index < -0.39 is 39.7 Å². The molecule has 0 radical (unpaired) electrons. The lowest BCUT2D eigenvalue weighted by Crippen LogP contribution is -2.51. The molecule has 0 heterocycles. The Morgan fingerprint density at radius 2 is 1.53 bits per heavy atom. The molecule has 8 heteroatoms. The zero-order chi connectivity index (χ0) is 13.5. The van der Waals surface area contributed by atoms with Gasteiger partial charge in [0.05, 0.1) is 10.6 Å². The number of nitrogens with zero attached hydrogens (tertiary/aromatic N) is 1. The van der Waals surface area contributed by atoms with Gasteiger partial charge in [0.1, 0.15) is 0 Å². The Labute approximate surface area is 95.1 Å². The first kappa shape index (κ1) is 13.7. The molecule has 0 bridgehead atoms. The number of benzene rings is 1. The molecule has 0 aliphatic rings. The molecule has 0 saturated carbocycles. The first-order valence-corrected chi connectivity index (χ1v) is 4.68. The van der Waals surface area contributed by atoms with Gasteiger partial charge in [0, 0.05) is 5.56 Å². The van der Waals surface area contributed by atoms with Crippen LogP contribution < -0.4 is 16.5 Å². The summed E-state index contributed by atoms with van der Waals surface area (Å²) in [6, 6.07) is 0. The van der Waals surface area contributed by atoms with E-state index in [1.807, 2.05) is 0 Å². The van der Waals surface area contributed by atoms with Gasteiger partial charge in [-0.3, -0.25) is 0 Å². The summed E-state index contributed by atoms with van der Waals surface area (Å²) in [4.78, 5) is -2.67. The molecule has 0 aromatic heterocycles. The van der Waals surface area contributed by atoms with Crippen molar-refractivity contribution in [2.45, 2.75) is 19.8 Å². The van der Waals surface area contributed by atoms with E-state index in [9.17, 15) is 13.2 Å². The molecule has 1 rings (SSSR count). The van der Waals surface area contributed by atoms with Crippen LogP contribution in [0.2, 0.25) is 0 Å². The average Bonchev–Trinajstić information content (AvgIpc) is 2.12. The summed E-state index contributed by atoms with van der Waals surface area (Å²) >= 11 is 0. The normalized spacial score (nSPS) is 12.3. The number of nitrogens with two attached hydrogens (primary N) is 2. The average molecular weight is 252 g/mol. The zero-order valence-corrected chi connectivity index (χ0v) is 9.21. The molecule has 0 amide bonds. The maximum absolute atomic E-state index is 13.6. The number of hydrogen-bond donors (Lipinski definition) is 4. The van der Waals surface area contributed by atoms with Crippen molar-refractivity contribution in [2.24, 2.45) is 5.84 Å². The molecule has 96 valence electrons. The highest BCUT2D eigenvalue weighted by atomic mass is 19.2. The predicted molar refractivity (Wildman–Crippen MR) is 54.4 cm³/mol. The molecule has 1 aromatic carbocycles. The zero-order valence-electron chi connectivity index (χ0n) is 9.21. The van der Waals surface area contributed by atoms with Crippen LogP contribution in [0.3, 0.4) is 0 Å². The van der Waals surface area contributed by atoms with Gasteiger partial charge in [0.2, 0.25) is 11.6 Å². The molecular formula is C9H13F3N3O2+. The molecule has 5 nitrogen and oxygen atoms in total. The van der Waals surface area contributed by atoms with E-state index in [1.54, 1.807) is 0 Å². The smallest absolute Gasteiger partial charge is 0.297 e. The van der Waals surface area contributed by atoms with E-state index in [0.29, 0.717) is 0 Å². The topological polar surface area (TPSA) is 92.5 Å². The van der Waals surface area contributed by atoms with Crippen molar-refractivity contribution in [2.75, 3.05) is 5.73 Å². The quantitative estimate of drug-likeness (QED) is 0.212. The minimum atomic E-state index is -2.67. The minimum Gasteiger partial charge on any atom is -0.396 e.